The minimum absolute atomic E-state index is 0.0326. The predicted molar refractivity (Wildman–Crippen MR) is 137 cm³/mol. The highest BCUT2D eigenvalue weighted by molar-refractivity contribution is 7.87. The molecule has 37 heavy (non-hydrogen) atoms. The molecule has 0 heterocycles. The largest absolute Gasteiger partial charge is 0.410 e. The molecule has 1 aliphatic carbocycles. The summed E-state index contributed by atoms with van der Waals surface area (Å²) in [5.41, 5.74) is 3.51. The monoisotopic (exact) mass is 535 g/mol. The van der Waals surface area contributed by atoms with E-state index in [0.717, 1.165) is 11.1 Å². The zero-order valence-electron chi connectivity index (χ0n) is 19.7. The first-order valence-electron chi connectivity index (χ1n) is 11.1. The molecule has 0 unspecified atom stereocenters. The number of aryl methyl sites for hydroxylation is 2. The molecule has 1 aliphatic rings. The van der Waals surface area contributed by atoms with Crippen molar-refractivity contribution < 1.29 is 30.4 Å². The number of hydrogen-bond acceptors (Lipinski definition) is 8. The Balaban J connectivity index is 1.50. The van der Waals surface area contributed by atoms with Crippen LogP contribution in [0, 0.1) is 13.8 Å². The Morgan fingerprint density at radius 3 is 1.41 bits per heavy atom. The standard InChI is InChI=1S/C27H21NO7S2/c1-17-5-3-7-19(13-17)34-36(30,31)21-9-11-23-24-12-10-22(16-26(24)27(28-29)25(23)15-21)37(32,33)35-20-8-4-6-18(2)14-20/h3-16,29H,1-2H3. The summed E-state index contributed by atoms with van der Waals surface area (Å²) >= 11 is 0. The van der Waals surface area contributed by atoms with E-state index in [1.807, 2.05) is 26.0 Å². The highest BCUT2D eigenvalue weighted by atomic mass is 32.2. The van der Waals surface area contributed by atoms with Crippen LogP contribution in [0.2, 0.25) is 0 Å². The molecular formula is C27H21NO7S2. The lowest BCUT2D eigenvalue weighted by Gasteiger charge is -2.09. The lowest BCUT2D eigenvalue weighted by Crippen LogP contribution is -2.11. The van der Waals surface area contributed by atoms with Gasteiger partial charge in [0.15, 0.2) is 0 Å². The first kappa shape index (κ1) is 24.5. The van der Waals surface area contributed by atoms with Crippen LogP contribution in [0.4, 0.5) is 0 Å². The van der Waals surface area contributed by atoms with Crippen LogP contribution in [-0.2, 0) is 20.2 Å². The third kappa shape index (κ3) is 4.68. The molecule has 4 aromatic rings. The number of oxime groups is 1. The summed E-state index contributed by atoms with van der Waals surface area (Å²) in [6.07, 6.45) is 0. The fourth-order valence-corrected chi connectivity index (χ4v) is 6.06. The van der Waals surface area contributed by atoms with E-state index in [2.05, 4.69) is 5.16 Å². The minimum atomic E-state index is -4.19. The van der Waals surface area contributed by atoms with Gasteiger partial charge in [0.1, 0.15) is 27.0 Å². The van der Waals surface area contributed by atoms with E-state index in [9.17, 15) is 22.0 Å². The molecule has 4 aromatic carbocycles. The van der Waals surface area contributed by atoms with E-state index in [1.54, 1.807) is 36.4 Å². The minimum Gasteiger partial charge on any atom is -0.410 e. The molecular weight excluding hydrogens is 514 g/mol. The number of hydrogen-bond donors (Lipinski definition) is 1. The van der Waals surface area contributed by atoms with Gasteiger partial charge in [-0.05, 0) is 84.6 Å². The second-order valence-electron chi connectivity index (χ2n) is 8.57. The van der Waals surface area contributed by atoms with Crippen molar-refractivity contribution in [1.82, 2.24) is 0 Å². The van der Waals surface area contributed by atoms with Crippen LogP contribution in [0.5, 0.6) is 11.5 Å². The first-order chi connectivity index (χ1) is 17.6. The fraction of sp³-hybridized carbons (Fsp3) is 0.0741. The molecule has 0 spiro atoms. The normalized spacial score (nSPS) is 12.5. The van der Waals surface area contributed by atoms with Gasteiger partial charge in [0.2, 0.25) is 0 Å². The van der Waals surface area contributed by atoms with Crippen molar-refractivity contribution in [3.05, 3.63) is 107 Å². The van der Waals surface area contributed by atoms with Gasteiger partial charge in [-0.25, -0.2) is 0 Å². The Morgan fingerprint density at radius 1 is 0.595 bits per heavy atom. The smallest absolute Gasteiger partial charge is 0.339 e. The summed E-state index contributed by atoms with van der Waals surface area (Å²) in [5, 5.41) is 13.2. The average Bonchev–Trinajstić information content (AvgIpc) is 3.16. The third-order valence-electron chi connectivity index (χ3n) is 5.85. The molecule has 188 valence electrons. The molecule has 0 saturated carbocycles. The summed E-state index contributed by atoms with van der Waals surface area (Å²) in [6, 6.07) is 21.9. The maximum absolute atomic E-state index is 12.9. The van der Waals surface area contributed by atoms with Crippen molar-refractivity contribution in [3.63, 3.8) is 0 Å². The van der Waals surface area contributed by atoms with Crippen LogP contribution in [0.1, 0.15) is 22.3 Å². The van der Waals surface area contributed by atoms with Gasteiger partial charge in [0.25, 0.3) is 0 Å². The van der Waals surface area contributed by atoms with Crippen molar-refractivity contribution >= 4 is 25.9 Å². The zero-order chi connectivity index (χ0) is 26.4. The van der Waals surface area contributed by atoms with E-state index in [1.165, 1.54) is 36.4 Å². The van der Waals surface area contributed by atoms with E-state index in [-0.39, 0.29) is 27.0 Å². The van der Waals surface area contributed by atoms with Gasteiger partial charge in [-0.1, -0.05) is 41.6 Å². The van der Waals surface area contributed by atoms with Crippen LogP contribution in [0.15, 0.2) is 99.9 Å². The van der Waals surface area contributed by atoms with Gasteiger partial charge in [0.05, 0.1) is 0 Å². The second-order valence-corrected chi connectivity index (χ2v) is 11.7. The molecule has 10 heteroatoms. The Bertz CT molecular complexity index is 1660. The lowest BCUT2D eigenvalue weighted by molar-refractivity contribution is 0.320. The topological polar surface area (TPSA) is 119 Å². The lowest BCUT2D eigenvalue weighted by atomic mass is 10.1. The van der Waals surface area contributed by atoms with Gasteiger partial charge in [-0.3, -0.25) is 0 Å². The summed E-state index contributed by atoms with van der Waals surface area (Å²) in [5.74, 6) is 0.339. The molecule has 0 fully saturated rings. The van der Waals surface area contributed by atoms with Gasteiger partial charge >= 0.3 is 20.2 Å². The summed E-state index contributed by atoms with van der Waals surface area (Å²) in [4.78, 5) is -0.283. The van der Waals surface area contributed by atoms with E-state index in [0.29, 0.717) is 22.3 Å². The molecule has 0 radical (unpaired) electrons. The molecule has 0 saturated heterocycles. The molecule has 0 atom stereocenters. The third-order valence-corrected chi connectivity index (χ3v) is 8.34. The summed E-state index contributed by atoms with van der Waals surface area (Å²) < 4.78 is 62.3. The molecule has 0 amide bonds. The van der Waals surface area contributed by atoms with Crippen LogP contribution in [0.3, 0.4) is 0 Å². The summed E-state index contributed by atoms with van der Waals surface area (Å²) in [6.45, 7) is 3.63. The van der Waals surface area contributed by atoms with Gasteiger partial charge in [0, 0.05) is 11.1 Å². The van der Waals surface area contributed by atoms with Crippen molar-refractivity contribution in [3.8, 4) is 22.6 Å². The SMILES string of the molecule is Cc1cccc(OS(=O)(=O)c2ccc3c(c2)C(=NO)c2cc(S(=O)(=O)Oc4cccc(C)c4)ccc2-3)c1. The highest BCUT2D eigenvalue weighted by Gasteiger charge is 2.30. The first-order valence-corrected chi connectivity index (χ1v) is 13.9. The van der Waals surface area contributed by atoms with Gasteiger partial charge < -0.3 is 13.6 Å². The maximum atomic E-state index is 12.9. The van der Waals surface area contributed by atoms with Gasteiger partial charge in [-0.15, -0.1) is 0 Å². The molecule has 8 nitrogen and oxygen atoms in total. The van der Waals surface area contributed by atoms with E-state index in [4.69, 9.17) is 8.37 Å². The molecule has 0 aliphatic heterocycles. The molecule has 1 N–H and O–H groups in total. The van der Waals surface area contributed by atoms with Crippen molar-refractivity contribution in [2.45, 2.75) is 23.6 Å². The van der Waals surface area contributed by atoms with Crippen molar-refractivity contribution in [1.29, 1.82) is 0 Å². The maximum Gasteiger partial charge on any atom is 0.339 e. The fourth-order valence-electron chi connectivity index (χ4n) is 4.16. The number of nitrogens with zero attached hydrogens (tertiary/aromatic N) is 1. The summed E-state index contributed by atoms with van der Waals surface area (Å²) in [7, 11) is -8.39. The van der Waals surface area contributed by atoms with Crippen molar-refractivity contribution in [2.24, 2.45) is 5.16 Å². The second kappa shape index (κ2) is 9.06. The van der Waals surface area contributed by atoms with E-state index < -0.39 is 20.2 Å². The number of rotatable bonds is 6. The number of benzene rings is 4. The Labute approximate surface area is 214 Å². The van der Waals surface area contributed by atoms with Crippen LogP contribution in [-0.4, -0.2) is 27.8 Å². The Morgan fingerprint density at radius 2 is 1.03 bits per heavy atom. The van der Waals surface area contributed by atoms with E-state index >= 15 is 0 Å². The predicted octanol–water partition coefficient (Wildman–Crippen LogP) is 5.05. The average molecular weight is 536 g/mol. The van der Waals surface area contributed by atoms with Crippen LogP contribution >= 0.6 is 0 Å². The molecule has 0 aromatic heterocycles. The Kier molecular flexibility index (Phi) is 6.01. The number of fused-ring (bicyclic) bond motifs is 3. The van der Waals surface area contributed by atoms with Crippen LogP contribution in [0.25, 0.3) is 11.1 Å². The zero-order valence-corrected chi connectivity index (χ0v) is 21.4. The van der Waals surface area contributed by atoms with Crippen LogP contribution < -0.4 is 8.37 Å². The molecule has 0 bridgehead atoms. The Hall–Kier alpha value is -4.15. The van der Waals surface area contributed by atoms with Gasteiger partial charge in [-0.2, -0.15) is 16.8 Å². The highest BCUT2D eigenvalue weighted by Crippen LogP contribution is 2.39. The van der Waals surface area contributed by atoms with Crippen molar-refractivity contribution in [2.75, 3.05) is 0 Å². The molecule has 5 rings (SSSR count). The quantitative estimate of drug-likeness (QED) is 0.184.